The fourth-order valence-corrected chi connectivity index (χ4v) is 4.68. The lowest BCUT2D eigenvalue weighted by atomic mass is 9.62. The third kappa shape index (κ3) is 3.99. The minimum atomic E-state index is 0.312. The Bertz CT molecular complexity index is 1240. The van der Waals surface area contributed by atoms with Gasteiger partial charge in [0.1, 0.15) is 11.5 Å². The third-order valence-corrected chi connectivity index (χ3v) is 6.51. The van der Waals surface area contributed by atoms with Gasteiger partial charge in [-0.3, -0.25) is 4.68 Å². The van der Waals surface area contributed by atoms with Crippen LogP contribution in [-0.4, -0.2) is 48.5 Å². The number of anilines is 1. The van der Waals surface area contributed by atoms with E-state index in [4.69, 9.17) is 10.1 Å². The molecule has 0 bridgehead atoms. The maximum Gasteiger partial charge on any atom is 0.154 e. The Kier molecular flexibility index (Phi) is 5.62. The average molecular weight is 445 g/mol. The van der Waals surface area contributed by atoms with Crippen LogP contribution in [0.1, 0.15) is 46.6 Å². The van der Waals surface area contributed by atoms with Crippen LogP contribution < -0.4 is 10.6 Å². The predicted octanol–water partition coefficient (Wildman–Crippen LogP) is 4.43. The first-order chi connectivity index (χ1) is 16.1. The van der Waals surface area contributed by atoms with E-state index in [0.717, 1.165) is 47.2 Å². The topological polar surface area (TPSA) is 85.0 Å². The number of hydrogen-bond acceptors (Lipinski definition) is 6. The molecule has 33 heavy (non-hydrogen) atoms. The molecule has 5 heterocycles. The lowest BCUT2D eigenvalue weighted by Gasteiger charge is -2.54. The highest BCUT2D eigenvalue weighted by Crippen LogP contribution is 2.45. The van der Waals surface area contributed by atoms with E-state index in [1.54, 1.807) is 0 Å². The van der Waals surface area contributed by atoms with Gasteiger partial charge < -0.3 is 10.6 Å². The van der Waals surface area contributed by atoms with Crippen LogP contribution in [0.2, 0.25) is 0 Å². The van der Waals surface area contributed by atoms with E-state index < -0.39 is 0 Å². The van der Waals surface area contributed by atoms with Gasteiger partial charge in [-0.2, -0.15) is 10.2 Å². The summed E-state index contributed by atoms with van der Waals surface area (Å²) in [7, 11) is 0. The van der Waals surface area contributed by atoms with E-state index in [2.05, 4.69) is 34.6 Å². The minimum absolute atomic E-state index is 0.312. The van der Waals surface area contributed by atoms with Gasteiger partial charge in [0.15, 0.2) is 5.65 Å². The number of nitrogens with one attached hydrogen (secondary N) is 2. The highest BCUT2D eigenvalue weighted by Gasteiger charge is 2.48. The van der Waals surface area contributed by atoms with Gasteiger partial charge in [-0.05, 0) is 56.4 Å². The summed E-state index contributed by atoms with van der Waals surface area (Å²) < 4.78 is 3.81. The summed E-state index contributed by atoms with van der Waals surface area (Å²) in [5, 5.41) is 16.3. The van der Waals surface area contributed by atoms with Crippen molar-refractivity contribution in [3.8, 4) is 22.6 Å². The van der Waals surface area contributed by atoms with E-state index in [9.17, 15) is 0 Å². The van der Waals surface area contributed by atoms with Gasteiger partial charge in [0, 0.05) is 36.9 Å². The summed E-state index contributed by atoms with van der Waals surface area (Å²) in [6.07, 6.45) is 8.17. The Balaban J connectivity index is 0.00000111. The van der Waals surface area contributed by atoms with Gasteiger partial charge in [0.25, 0.3) is 0 Å². The van der Waals surface area contributed by atoms with E-state index >= 15 is 0 Å². The quantitative estimate of drug-likeness (QED) is 0.474. The highest BCUT2D eigenvalue weighted by molar-refractivity contribution is 5.64. The second-order valence-corrected chi connectivity index (χ2v) is 9.20. The third-order valence-electron chi connectivity index (χ3n) is 6.51. The molecule has 4 aromatic heterocycles. The van der Waals surface area contributed by atoms with Gasteiger partial charge in [-0.25, -0.2) is 14.5 Å². The molecule has 1 aliphatic carbocycles. The molecule has 1 saturated heterocycles. The van der Waals surface area contributed by atoms with Crippen molar-refractivity contribution in [3.63, 3.8) is 0 Å². The van der Waals surface area contributed by atoms with Crippen molar-refractivity contribution in [2.75, 3.05) is 18.4 Å². The van der Waals surface area contributed by atoms with Gasteiger partial charge in [0.05, 0.1) is 23.8 Å². The Morgan fingerprint density at radius 3 is 2.58 bits per heavy atom. The van der Waals surface area contributed by atoms with Gasteiger partial charge in [-0.15, -0.1) is 0 Å². The molecule has 1 saturated carbocycles. The first-order valence-corrected chi connectivity index (χ1v) is 11.9. The van der Waals surface area contributed by atoms with Crippen LogP contribution in [-0.2, 0) is 0 Å². The molecule has 1 aliphatic heterocycles. The SMILES string of the molecule is CC.CC(C)n1cc(-c2ccc3ncc(-c4cccc(NC5CC6(CNC6)C5)n4)n3n2)cn1. The van der Waals surface area contributed by atoms with Crippen LogP contribution >= 0.6 is 0 Å². The molecule has 0 aromatic carbocycles. The van der Waals surface area contributed by atoms with Crippen molar-refractivity contribution >= 4 is 11.5 Å². The van der Waals surface area contributed by atoms with E-state index in [1.807, 2.05) is 72.0 Å². The number of aromatic nitrogens is 6. The molecular formula is C25H32N8. The average Bonchev–Trinajstić information content (AvgIpc) is 3.43. The Labute approximate surface area is 194 Å². The molecule has 4 aromatic rings. The zero-order valence-electron chi connectivity index (χ0n) is 19.8. The van der Waals surface area contributed by atoms with Crippen molar-refractivity contribution in [1.82, 2.24) is 34.7 Å². The fraction of sp³-hybridized carbons (Fsp3) is 0.440. The second kappa shape index (κ2) is 8.59. The number of pyridine rings is 1. The molecule has 2 N–H and O–H groups in total. The maximum atomic E-state index is 4.86. The van der Waals surface area contributed by atoms with Gasteiger partial charge in [0.2, 0.25) is 0 Å². The molecule has 0 atom stereocenters. The molecule has 2 aliphatic rings. The Hall–Kier alpha value is -3.26. The highest BCUT2D eigenvalue weighted by atomic mass is 15.3. The Morgan fingerprint density at radius 2 is 1.88 bits per heavy atom. The van der Waals surface area contributed by atoms with Crippen LogP contribution in [0.4, 0.5) is 5.82 Å². The van der Waals surface area contributed by atoms with Crippen molar-refractivity contribution < 1.29 is 0 Å². The fourth-order valence-electron chi connectivity index (χ4n) is 4.68. The zero-order valence-corrected chi connectivity index (χ0v) is 19.8. The van der Waals surface area contributed by atoms with Crippen molar-refractivity contribution in [1.29, 1.82) is 0 Å². The summed E-state index contributed by atoms with van der Waals surface area (Å²) in [5.74, 6) is 0.911. The molecule has 0 radical (unpaired) electrons. The summed E-state index contributed by atoms with van der Waals surface area (Å²) in [4.78, 5) is 9.40. The monoisotopic (exact) mass is 444 g/mol. The number of rotatable bonds is 5. The second-order valence-electron chi connectivity index (χ2n) is 9.20. The lowest BCUT2D eigenvalue weighted by Crippen LogP contribution is -2.63. The smallest absolute Gasteiger partial charge is 0.154 e. The first kappa shape index (κ1) is 21.6. The first-order valence-electron chi connectivity index (χ1n) is 11.9. The van der Waals surface area contributed by atoms with Gasteiger partial charge in [-0.1, -0.05) is 19.9 Å². The van der Waals surface area contributed by atoms with E-state index in [0.29, 0.717) is 17.5 Å². The van der Waals surface area contributed by atoms with Crippen LogP contribution in [0.15, 0.2) is 48.9 Å². The molecule has 8 heteroatoms. The van der Waals surface area contributed by atoms with Crippen molar-refractivity contribution in [2.45, 2.75) is 52.6 Å². The molecule has 8 nitrogen and oxygen atoms in total. The molecule has 6 rings (SSSR count). The van der Waals surface area contributed by atoms with E-state index in [-0.39, 0.29) is 0 Å². The number of nitrogens with zero attached hydrogens (tertiary/aromatic N) is 6. The molecular weight excluding hydrogens is 412 g/mol. The minimum Gasteiger partial charge on any atom is -0.367 e. The van der Waals surface area contributed by atoms with Crippen LogP contribution in [0.25, 0.3) is 28.3 Å². The summed E-state index contributed by atoms with van der Waals surface area (Å²) in [6, 6.07) is 10.9. The van der Waals surface area contributed by atoms with Crippen LogP contribution in [0, 0.1) is 5.41 Å². The van der Waals surface area contributed by atoms with Crippen molar-refractivity contribution in [3.05, 3.63) is 48.9 Å². The molecule has 172 valence electrons. The van der Waals surface area contributed by atoms with Crippen LogP contribution in [0.5, 0.6) is 0 Å². The van der Waals surface area contributed by atoms with E-state index in [1.165, 1.54) is 12.8 Å². The maximum absolute atomic E-state index is 4.86. The summed E-state index contributed by atoms with van der Waals surface area (Å²) in [6.45, 7) is 10.5. The predicted molar refractivity (Wildman–Crippen MR) is 131 cm³/mol. The van der Waals surface area contributed by atoms with Crippen molar-refractivity contribution in [2.24, 2.45) is 5.41 Å². The standard InChI is InChI=1S/C23H26N8.C2H6/c1-15(2)30-12-16(10-26-30)18-6-7-22-25-11-20(31(22)29-18)19-4-3-5-21(28-19)27-17-8-23(9-17)13-24-14-23;1-2/h3-7,10-12,15,17,24H,8-9,13-14H2,1-2H3,(H,27,28);1-2H3. The van der Waals surface area contributed by atoms with Gasteiger partial charge >= 0.3 is 0 Å². The normalized spacial score (nSPS) is 16.9. The number of hydrogen-bond donors (Lipinski definition) is 2. The Morgan fingerprint density at radius 1 is 1.06 bits per heavy atom. The van der Waals surface area contributed by atoms with Crippen LogP contribution in [0.3, 0.4) is 0 Å². The summed E-state index contributed by atoms with van der Waals surface area (Å²) >= 11 is 0. The zero-order chi connectivity index (χ0) is 23.0. The largest absolute Gasteiger partial charge is 0.367 e. The number of fused-ring (bicyclic) bond motifs is 1. The summed E-state index contributed by atoms with van der Waals surface area (Å²) in [5.41, 5.74) is 4.93. The molecule has 0 unspecified atom stereocenters. The molecule has 0 amide bonds. The lowest BCUT2D eigenvalue weighted by molar-refractivity contribution is 0.0469. The molecule has 1 spiro atoms. The number of imidazole rings is 1. The molecule has 2 fully saturated rings.